The molecular formula is C14H23N3O. The predicted molar refractivity (Wildman–Crippen MR) is 71.1 cm³/mol. The van der Waals surface area contributed by atoms with Crippen molar-refractivity contribution in [2.45, 2.75) is 51.9 Å². The highest BCUT2D eigenvalue weighted by Crippen LogP contribution is 2.61. The van der Waals surface area contributed by atoms with Gasteiger partial charge in [0.15, 0.2) is 0 Å². The highest BCUT2D eigenvalue weighted by molar-refractivity contribution is 5.84. The van der Waals surface area contributed by atoms with Gasteiger partial charge in [0.05, 0.1) is 0 Å². The monoisotopic (exact) mass is 249 g/mol. The molecule has 0 unspecified atom stereocenters. The number of rotatable bonds is 3. The maximum Gasteiger partial charge on any atom is 0.332 e. The van der Waals surface area contributed by atoms with Crippen LogP contribution >= 0.6 is 0 Å². The van der Waals surface area contributed by atoms with Crippen LogP contribution in [0.2, 0.25) is 0 Å². The average molecular weight is 249 g/mol. The standard InChI is InChI=1S/C14H23N3O/c1-9(16-17-13(15)18)5-14-6-10-2-11(7-14)4-12(3-10)8-14/h10-12H,2-8H2,1H3,(H3,15,17,18)/b16-9+. The fraction of sp³-hybridized carbons (Fsp3) is 0.857. The Kier molecular flexibility index (Phi) is 2.83. The van der Waals surface area contributed by atoms with Crippen molar-refractivity contribution in [3.63, 3.8) is 0 Å². The molecule has 4 heteroatoms. The summed E-state index contributed by atoms with van der Waals surface area (Å²) in [7, 11) is 0. The fourth-order valence-electron chi connectivity index (χ4n) is 5.24. The summed E-state index contributed by atoms with van der Waals surface area (Å²) < 4.78 is 0. The first-order chi connectivity index (χ1) is 8.55. The van der Waals surface area contributed by atoms with Gasteiger partial charge in [-0.3, -0.25) is 0 Å². The number of nitrogens with two attached hydrogens (primary N) is 1. The molecule has 4 nitrogen and oxygen atoms in total. The van der Waals surface area contributed by atoms with Crippen molar-refractivity contribution >= 4 is 11.7 Å². The molecule has 0 aliphatic heterocycles. The summed E-state index contributed by atoms with van der Waals surface area (Å²) in [5.41, 5.74) is 8.91. The zero-order valence-electron chi connectivity index (χ0n) is 11.1. The molecule has 100 valence electrons. The van der Waals surface area contributed by atoms with Gasteiger partial charge in [0, 0.05) is 5.71 Å². The minimum atomic E-state index is -0.570. The van der Waals surface area contributed by atoms with Gasteiger partial charge in [0.1, 0.15) is 0 Å². The van der Waals surface area contributed by atoms with E-state index in [0.717, 1.165) is 29.9 Å². The Labute approximate surface area is 108 Å². The van der Waals surface area contributed by atoms with Crippen molar-refractivity contribution in [1.82, 2.24) is 5.43 Å². The lowest BCUT2D eigenvalue weighted by molar-refractivity contribution is -0.0482. The van der Waals surface area contributed by atoms with Crippen LogP contribution in [0, 0.1) is 23.2 Å². The van der Waals surface area contributed by atoms with Gasteiger partial charge in [-0.1, -0.05) is 0 Å². The van der Waals surface area contributed by atoms with E-state index in [2.05, 4.69) is 10.5 Å². The van der Waals surface area contributed by atoms with Crippen molar-refractivity contribution in [3.8, 4) is 0 Å². The molecule has 4 saturated carbocycles. The van der Waals surface area contributed by atoms with E-state index in [1.165, 1.54) is 38.5 Å². The number of amides is 2. The van der Waals surface area contributed by atoms with Crippen LogP contribution in [0.5, 0.6) is 0 Å². The Bertz CT molecular complexity index is 353. The van der Waals surface area contributed by atoms with Crippen LogP contribution in [-0.2, 0) is 0 Å². The van der Waals surface area contributed by atoms with Gasteiger partial charge in [-0.05, 0) is 75.0 Å². The van der Waals surface area contributed by atoms with Crippen molar-refractivity contribution in [3.05, 3.63) is 0 Å². The van der Waals surface area contributed by atoms with E-state index < -0.39 is 6.03 Å². The average Bonchev–Trinajstić information content (AvgIpc) is 2.23. The normalized spacial score (nSPS) is 42.1. The first-order valence-corrected chi connectivity index (χ1v) is 7.13. The summed E-state index contributed by atoms with van der Waals surface area (Å²) in [5, 5.41) is 4.09. The third kappa shape index (κ3) is 2.25. The minimum Gasteiger partial charge on any atom is -0.350 e. The summed E-state index contributed by atoms with van der Waals surface area (Å²) in [4.78, 5) is 10.7. The smallest absolute Gasteiger partial charge is 0.332 e. The number of carbonyl (C=O) groups excluding carboxylic acids is 1. The second-order valence-corrected chi connectivity index (χ2v) is 6.92. The lowest BCUT2D eigenvalue weighted by atomic mass is 9.48. The van der Waals surface area contributed by atoms with Gasteiger partial charge in [-0.25, -0.2) is 10.2 Å². The van der Waals surface area contributed by atoms with Crippen LogP contribution in [0.25, 0.3) is 0 Å². The topological polar surface area (TPSA) is 67.5 Å². The number of nitrogens with one attached hydrogen (secondary N) is 1. The Morgan fingerprint density at radius 2 is 1.72 bits per heavy atom. The number of primary amides is 1. The van der Waals surface area contributed by atoms with Gasteiger partial charge >= 0.3 is 6.03 Å². The van der Waals surface area contributed by atoms with Crippen molar-refractivity contribution < 1.29 is 4.79 Å². The van der Waals surface area contributed by atoms with E-state index in [1.807, 2.05) is 6.92 Å². The third-order valence-corrected chi connectivity index (χ3v) is 5.15. The highest BCUT2D eigenvalue weighted by atomic mass is 16.2. The molecule has 2 amide bonds. The van der Waals surface area contributed by atoms with Crippen molar-refractivity contribution in [1.29, 1.82) is 0 Å². The highest BCUT2D eigenvalue weighted by Gasteiger charge is 2.50. The summed E-state index contributed by atoms with van der Waals surface area (Å²) >= 11 is 0. The summed E-state index contributed by atoms with van der Waals surface area (Å²) in [5.74, 6) is 2.90. The molecule has 0 heterocycles. The molecule has 0 radical (unpaired) electrons. The van der Waals surface area contributed by atoms with Crippen LogP contribution in [0.3, 0.4) is 0 Å². The molecule has 0 saturated heterocycles. The molecule has 0 aromatic rings. The van der Waals surface area contributed by atoms with Crippen LogP contribution in [-0.4, -0.2) is 11.7 Å². The number of hydrogen-bond donors (Lipinski definition) is 2. The summed E-state index contributed by atoms with van der Waals surface area (Å²) in [6.07, 6.45) is 9.57. The summed E-state index contributed by atoms with van der Waals surface area (Å²) in [6.45, 7) is 2.01. The molecular weight excluding hydrogens is 226 g/mol. The van der Waals surface area contributed by atoms with Crippen LogP contribution in [0.15, 0.2) is 5.10 Å². The third-order valence-electron chi connectivity index (χ3n) is 5.15. The molecule has 0 atom stereocenters. The van der Waals surface area contributed by atoms with Crippen LogP contribution < -0.4 is 11.2 Å². The Balaban J connectivity index is 1.68. The molecule has 4 fully saturated rings. The lowest BCUT2D eigenvalue weighted by Gasteiger charge is -2.57. The second-order valence-electron chi connectivity index (χ2n) is 6.92. The van der Waals surface area contributed by atoms with E-state index in [-0.39, 0.29) is 0 Å². The van der Waals surface area contributed by atoms with E-state index in [4.69, 9.17) is 5.73 Å². The molecule has 4 bridgehead atoms. The molecule has 4 aliphatic carbocycles. The predicted octanol–water partition coefficient (Wildman–Crippen LogP) is 2.64. The SMILES string of the molecule is C/C(CC12CC3CC(CC(C3)C1)C2)=N\NC(N)=O. The molecule has 0 aromatic carbocycles. The number of nitrogens with zero attached hydrogens (tertiary/aromatic N) is 1. The number of carbonyl (C=O) groups is 1. The van der Waals surface area contributed by atoms with E-state index in [9.17, 15) is 4.79 Å². The second kappa shape index (κ2) is 4.25. The van der Waals surface area contributed by atoms with Gasteiger partial charge in [0.25, 0.3) is 0 Å². The molecule has 0 spiro atoms. The summed E-state index contributed by atoms with van der Waals surface area (Å²) in [6, 6.07) is -0.570. The zero-order valence-corrected chi connectivity index (χ0v) is 11.1. The minimum absolute atomic E-state index is 0.488. The Morgan fingerprint density at radius 1 is 1.22 bits per heavy atom. The first kappa shape index (κ1) is 12.0. The van der Waals surface area contributed by atoms with Crippen molar-refractivity contribution in [2.24, 2.45) is 34.0 Å². The van der Waals surface area contributed by atoms with E-state index in [1.54, 1.807) is 0 Å². The maximum atomic E-state index is 10.7. The number of urea groups is 1. The Hall–Kier alpha value is -1.06. The maximum absolute atomic E-state index is 10.7. The molecule has 18 heavy (non-hydrogen) atoms. The van der Waals surface area contributed by atoms with Gasteiger partial charge in [-0.15, -0.1) is 0 Å². The first-order valence-electron chi connectivity index (χ1n) is 7.13. The molecule has 3 N–H and O–H groups in total. The molecule has 4 aliphatic rings. The molecule has 4 rings (SSSR count). The van der Waals surface area contributed by atoms with Crippen LogP contribution in [0.1, 0.15) is 51.9 Å². The van der Waals surface area contributed by atoms with Gasteiger partial charge in [-0.2, -0.15) is 5.10 Å². The number of hydrogen-bond acceptors (Lipinski definition) is 2. The largest absolute Gasteiger partial charge is 0.350 e. The zero-order chi connectivity index (χ0) is 12.8. The number of hydrazone groups is 1. The fourth-order valence-corrected chi connectivity index (χ4v) is 5.24. The van der Waals surface area contributed by atoms with Gasteiger partial charge < -0.3 is 5.73 Å². The van der Waals surface area contributed by atoms with Gasteiger partial charge in [0.2, 0.25) is 0 Å². The van der Waals surface area contributed by atoms with E-state index in [0.29, 0.717) is 5.41 Å². The molecule has 0 aromatic heterocycles. The Morgan fingerprint density at radius 3 is 2.17 bits per heavy atom. The van der Waals surface area contributed by atoms with Crippen LogP contribution in [0.4, 0.5) is 4.79 Å². The van der Waals surface area contributed by atoms with E-state index >= 15 is 0 Å². The quantitative estimate of drug-likeness (QED) is 0.586. The van der Waals surface area contributed by atoms with Crippen molar-refractivity contribution in [2.75, 3.05) is 0 Å². The lowest BCUT2D eigenvalue weighted by Crippen LogP contribution is -2.46.